The normalized spacial score (nSPS) is 10.2. The van der Waals surface area contributed by atoms with Crippen LogP contribution in [0.15, 0.2) is 78.9 Å². The fourth-order valence-electron chi connectivity index (χ4n) is 2.49. The second-order valence-corrected chi connectivity index (χ2v) is 6.19. The standard InChI is InChI=1S/C21H17ClN2O2/c22-17-9-5-11-19(14-17)24-21(26)16-8-4-10-18(13-16)23-20(25)12-15-6-2-1-3-7-15/h1-11,13-14H,12H2,(H,23,25)(H,24,26). The lowest BCUT2D eigenvalue weighted by Crippen LogP contribution is -2.16. The minimum Gasteiger partial charge on any atom is -0.326 e. The summed E-state index contributed by atoms with van der Waals surface area (Å²) in [6.45, 7) is 0. The van der Waals surface area contributed by atoms with Crippen LogP contribution in [0.5, 0.6) is 0 Å². The van der Waals surface area contributed by atoms with Crippen molar-refractivity contribution in [2.75, 3.05) is 10.6 Å². The Labute approximate surface area is 156 Å². The van der Waals surface area contributed by atoms with Gasteiger partial charge in [-0.3, -0.25) is 9.59 Å². The molecule has 0 radical (unpaired) electrons. The summed E-state index contributed by atoms with van der Waals surface area (Å²) in [6, 6.07) is 23.2. The number of hydrogen-bond acceptors (Lipinski definition) is 2. The first-order chi connectivity index (χ1) is 12.6. The van der Waals surface area contributed by atoms with Gasteiger partial charge in [0, 0.05) is 22.0 Å². The Morgan fingerprint density at radius 2 is 1.46 bits per heavy atom. The molecule has 0 saturated carbocycles. The molecule has 0 aromatic heterocycles. The molecule has 0 fully saturated rings. The highest BCUT2D eigenvalue weighted by molar-refractivity contribution is 6.31. The maximum absolute atomic E-state index is 12.4. The Morgan fingerprint density at radius 1 is 0.769 bits per heavy atom. The van der Waals surface area contributed by atoms with E-state index in [1.807, 2.05) is 30.3 Å². The van der Waals surface area contributed by atoms with Crippen molar-refractivity contribution in [3.63, 3.8) is 0 Å². The Bertz CT molecular complexity index is 926. The number of halogens is 1. The minimum absolute atomic E-state index is 0.136. The molecular formula is C21H17ClN2O2. The maximum atomic E-state index is 12.4. The molecule has 0 spiro atoms. The second kappa shape index (κ2) is 8.32. The van der Waals surface area contributed by atoms with Crippen molar-refractivity contribution >= 4 is 34.8 Å². The number of amides is 2. The number of rotatable bonds is 5. The fourth-order valence-corrected chi connectivity index (χ4v) is 2.68. The zero-order chi connectivity index (χ0) is 18.4. The van der Waals surface area contributed by atoms with Crippen molar-refractivity contribution in [2.45, 2.75) is 6.42 Å². The third-order valence-electron chi connectivity index (χ3n) is 3.70. The fraction of sp³-hybridized carbons (Fsp3) is 0.0476. The van der Waals surface area contributed by atoms with Gasteiger partial charge in [-0.25, -0.2) is 0 Å². The predicted octanol–water partition coefficient (Wildman–Crippen LogP) is 4.77. The van der Waals surface area contributed by atoms with E-state index in [2.05, 4.69) is 10.6 Å². The summed E-state index contributed by atoms with van der Waals surface area (Å²) < 4.78 is 0. The smallest absolute Gasteiger partial charge is 0.255 e. The van der Waals surface area contributed by atoms with Crippen molar-refractivity contribution < 1.29 is 9.59 Å². The number of hydrogen-bond donors (Lipinski definition) is 2. The monoisotopic (exact) mass is 364 g/mol. The molecule has 0 bridgehead atoms. The van der Waals surface area contributed by atoms with Gasteiger partial charge in [-0.15, -0.1) is 0 Å². The van der Waals surface area contributed by atoms with E-state index in [1.165, 1.54) is 0 Å². The molecule has 0 aliphatic carbocycles. The van der Waals surface area contributed by atoms with Gasteiger partial charge in [-0.2, -0.15) is 0 Å². The molecule has 26 heavy (non-hydrogen) atoms. The van der Waals surface area contributed by atoms with Crippen LogP contribution in [0.3, 0.4) is 0 Å². The van der Waals surface area contributed by atoms with Crippen LogP contribution >= 0.6 is 11.6 Å². The third kappa shape index (κ3) is 4.94. The van der Waals surface area contributed by atoms with Gasteiger partial charge >= 0.3 is 0 Å². The summed E-state index contributed by atoms with van der Waals surface area (Å²) in [5, 5.41) is 6.15. The Morgan fingerprint density at radius 3 is 2.19 bits per heavy atom. The average molecular weight is 365 g/mol. The summed E-state index contributed by atoms with van der Waals surface area (Å²) in [6.07, 6.45) is 0.278. The first-order valence-electron chi connectivity index (χ1n) is 8.11. The topological polar surface area (TPSA) is 58.2 Å². The Balaban J connectivity index is 1.65. The number of carbonyl (C=O) groups excluding carboxylic acids is 2. The van der Waals surface area contributed by atoms with Gasteiger partial charge in [0.2, 0.25) is 5.91 Å². The molecule has 2 N–H and O–H groups in total. The molecule has 4 nitrogen and oxygen atoms in total. The lowest BCUT2D eigenvalue weighted by Gasteiger charge is -2.09. The van der Waals surface area contributed by atoms with E-state index < -0.39 is 0 Å². The molecule has 5 heteroatoms. The van der Waals surface area contributed by atoms with E-state index in [9.17, 15) is 9.59 Å². The average Bonchev–Trinajstić information content (AvgIpc) is 2.62. The molecule has 0 saturated heterocycles. The van der Waals surface area contributed by atoms with Crippen LogP contribution in [-0.2, 0) is 11.2 Å². The SMILES string of the molecule is O=C(Cc1ccccc1)Nc1cccc(C(=O)Nc2cccc(Cl)c2)c1. The van der Waals surface area contributed by atoms with Crippen LogP contribution in [0.4, 0.5) is 11.4 Å². The van der Waals surface area contributed by atoms with Crippen LogP contribution in [0.2, 0.25) is 5.02 Å². The van der Waals surface area contributed by atoms with Gasteiger partial charge in [-0.1, -0.05) is 54.1 Å². The molecule has 0 aliphatic heterocycles. The van der Waals surface area contributed by atoms with E-state index in [-0.39, 0.29) is 18.2 Å². The number of anilines is 2. The van der Waals surface area contributed by atoms with Crippen LogP contribution in [0, 0.1) is 0 Å². The minimum atomic E-state index is -0.272. The predicted molar refractivity (Wildman–Crippen MR) is 105 cm³/mol. The molecule has 0 aliphatic rings. The lowest BCUT2D eigenvalue weighted by atomic mass is 10.1. The lowest BCUT2D eigenvalue weighted by molar-refractivity contribution is -0.115. The van der Waals surface area contributed by atoms with Gasteiger partial charge in [0.05, 0.1) is 6.42 Å². The van der Waals surface area contributed by atoms with Gasteiger partial charge in [0.1, 0.15) is 0 Å². The first kappa shape index (κ1) is 17.7. The van der Waals surface area contributed by atoms with Crippen molar-refractivity contribution in [1.29, 1.82) is 0 Å². The van der Waals surface area contributed by atoms with Crippen molar-refractivity contribution in [3.05, 3.63) is 95.0 Å². The molecule has 0 unspecified atom stereocenters. The number of carbonyl (C=O) groups is 2. The van der Waals surface area contributed by atoms with E-state index >= 15 is 0 Å². The molecule has 0 atom stereocenters. The Hall–Kier alpha value is -3.11. The van der Waals surface area contributed by atoms with Gasteiger partial charge in [0.15, 0.2) is 0 Å². The van der Waals surface area contributed by atoms with E-state index in [1.54, 1.807) is 48.5 Å². The summed E-state index contributed by atoms with van der Waals surface area (Å²) in [7, 11) is 0. The Kier molecular flexibility index (Phi) is 5.66. The third-order valence-corrected chi connectivity index (χ3v) is 3.93. The quantitative estimate of drug-likeness (QED) is 0.684. The van der Waals surface area contributed by atoms with Crippen molar-refractivity contribution in [2.24, 2.45) is 0 Å². The molecule has 0 heterocycles. The summed E-state index contributed by atoms with van der Waals surface area (Å²) in [4.78, 5) is 24.6. The maximum Gasteiger partial charge on any atom is 0.255 e. The van der Waals surface area contributed by atoms with Crippen LogP contribution < -0.4 is 10.6 Å². The largest absolute Gasteiger partial charge is 0.326 e. The highest BCUT2D eigenvalue weighted by atomic mass is 35.5. The summed E-state index contributed by atoms with van der Waals surface area (Å²) in [5.41, 5.74) is 2.56. The molecule has 3 aromatic carbocycles. The second-order valence-electron chi connectivity index (χ2n) is 5.76. The molecule has 2 amide bonds. The van der Waals surface area contributed by atoms with Gasteiger partial charge < -0.3 is 10.6 Å². The van der Waals surface area contributed by atoms with Crippen molar-refractivity contribution in [1.82, 2.24) is 0 Å². The number of benzene rings is 3. The summed E-state index contributed by atoms with van der Waals surface area (Å²) in [5.74, 6) is -0.407. The van der Waals surface area contributed by atoms with Crippen LogP contribution in [0.25, 0.3) is 0 Å². The molecule has 3 rings (SSSR count). The van der Waals surface area contributed by atoms with Gasteiger partial charge in [0.25, 0.3) is 5.91 Å². The molecular weight excluding hydrogens is 348 g/mol. The zero-order valence-electron chi connectivity index (χ0n) is 13.9. The van der Waals surface area contributed by atoms with Gasteiger partial charge in [-0.05, 0) is 42.0 Å². The van der Waals surface area contributed by atoms with Crippen LogP contribution in [-0.4, -0.2) is 11.8 Å². The summed E-state index contributed by atoms with van der Waals surface area (Å²) >= 11 is 5.92. The molecule has 3 aromatic rings. The highest BCUT2D eigenvalue weighted by Crippen LogP contribution is 2.17. The van der Waals surface area contributed by atoms with E-state index in [0.29, 0.717) is 22.0 Å². The van der Waals surface area contributed by atoms with E-state index in [0.717, 1.165) is 5.56 Å². The number of nitrogens with one attached hydrogen (secondary N) is 2. The van der Waals surface area contributed by atoms with Crippen LogP contribution in [0.1, 0.15) is 15.9 Å². The first-order valence-corrected chi connectivity index (χ1v) is 8.49. The highest BCUT2D eigenvalue weighted by Gasteiger charge is 2.09. The van der Waals surface area contributed by atoms with E-state index in [4.69, 9.17) is 11.6 Å². The zero-order valence-corrected chi connectivity index (χ0v) is 14.7. The molecule has 130 valence electrons. The van der Waals surface area contributed by atoms with Crippen molar-refractivity contribution in [3.8, 4) is 0 Å².